The first kappa shape index (κ1) is 73.8. The first-order valence-corrected chi connectivity index (χ1v) is 33.4. The summed E-state index contributed by atoms with van der Waals surface area (Å²) in [6, 6.07) is 0. The number of unbranched alkanes of at least 4 members (excludes halogenated alkanes) is 38. The van der Waals surface area contributed by atoms with E-state index in [1.54, 1.807) is 0 Å². The minimum Gasteiger partial charge on any atom is -0.462 e. The number of esters is 3. The number of carbonyl (C=O) groups excluding carboxylic acids is 3. The second kappa shape index (κ2) is 65.4. The van der Waals surface area contributed by atoms with Gasteiger partial charge in [0.25, 0.3) is 0 Å². The predicted octanol–water partition coefficient (Wildman–Crippen LogP) is 22.9. The van der Waals surface area contributed by atoms with Crippen LogP contribution in [0.2, 0.25) is 0 Å². The number of rotatable bonds is 61. The largest absolute Gasteiger partial charge is 0.462 e. The summed E-state index contributed by atoms with van der Waals surface area (Å²) in [5, 5.41) is 0. The standard InChI is InChI=1S/C71H126O6/c1-4-7-10-13-16-19-22-25-27-29-30-31-32-33-34-35-36-37-38-39-40-42-43-46-49-52-55-58-61-64-70(73)76-67-68(66-75-69(72)63-60-57-54-51-48-45-24-21-18-15-12-9-6-3)77-71(74)65-62-59-56-53-50-47-44-41-28-26-23-20-17-14-11-8-5-2/h9,12,17-18,20-21,26,28-30,45,48,68H,4-8,10-11,13-16,19,22-25,27,31-44,46-47,49-67H2,1-3H3/b12-9-,20-17-,21-18-,28-26-,30-29-,48-45-. The Morgan fingerprint density at radius 3 is 0.844 bits per heavy atom. The van der Waals surface area contributed by atoms with Crippen molar-refractivity contribution in [3.63, 3.8) is 0 Å². The molecular weight excluding hydrogens is 949 g/mol. The first-order chi connectivity index (χ1) is 38.0. The molecular formula is C71H126O6. The molecule has 0 heterocycles. The van der Waals surface area contributed by atoms with Crippen LogP contribution in [-0.2, 0) is 28.6 Å². The third-order valence-electron chi connectivity index (χ3n) is 14.7. The molecule has 77 heavy (non-hydrogen) atoms. The van der Waals surface area contributed by atoms with Gasteiger partial charge in [-0.15, -0.1) is 0 Å². The highest BCUT2D eigenvalue weighted by molar-refractivity contribution is 5.71. The molecule has 0 amide bonds. The molecule has 1 unspecified atom stereocenters. The van der Waals surface area contributed by atoms with Gasteiger partial charge in [-0.25, -0.2) is 0 Å². The Kier molecular flexibility index (Phi) is 62.7. The molecule has 0 bridgehead atoms. The molecule has 0 aromatic heterocycles. The minimum absolute atomic E-state index is 0.0858. The van der Waals surface area contributed by atoms with E-state index >= 15 is 0 Å². The summed E-state index contributed by atoms with van der Waals surface area (Å²) in [6.45, 7) is 6.51. The Hall–Kier alpha value is -3.15. The van der Waals surface area contributed by atoms with E-state index in [0.29, 0.717) is 19.3 Å². The lowest BCUT2D eigenvalue weighted by Crippen LogP contribution is -2.30. The quantitative estimate of drug-likeness (QED) is 0.0261. The van der Waals surface area contributed by atoms with Gasteiger partial charge in [0.15, 0.2) is 6.10 Å². The van der Waals surface area contributed by atoms with Crippen LogP contribution in [-0.4, -0.2) is 37.2 Å². The molecule has 6 nitrogen and oxygen atoms in total. The van der Waals surface area contributed by atoms with Crippen molar-refractivity contribution in [2.24, 2.45) is 0 Å². The maximum Gasteiger partial charge on any atom is 0.306 e. The lowest BCUT2D eigenvalue weighted by atomic mass is 10.0. The molecule has 0 N–H and O–H groups in total. The Morgan fingerprint density at radius 1 is 0.273 bits per heavy atom. The first-order valence-electron chi connectivity index (χ1n) is 33.4. The van der Waals surface area contributed by atoms with Crippen LogP contribution in [0.1, 0.15) is 342 Å². The van der Waals surface area contributed by atoms with Crippen LogP contribution in [0.15, 0.2) is 72.9 Å². The Balaban J connectivity index is 4.22. The van der Waals surface area contributed by atoms with E-state index in [1.807, 2.05) is 0 Å². The summed E-state index contributed by atoms with van der Waals surface area (Å²) >= 11 is 0. The normalized spacial score (nSPS) is 12.5. The summed E-state index contributed by atoms with van der Waals surface area (Å²) in [5.41, 5.74) is 0. The van der Waals surface area contributed by atoms with Gasteiger partial charge in [0.05, 0.1) is 0 Å². The Morgan fingerprint density at radius 2 is 0.506 bits per heavy atom. The molecule has 446 valence electrons. The second-order valence-electron chi connectivity index (χ2n) is 22.3. The van der Waals surface area contributed by atoms with Crippen LogP contribution in [0.25, 0.3) is 0 Å². The van der Waals surface area contributed by atoms with Crippen molar-refractivity contribution in [1.82, 2.24) is 0 Å². The van der Waals surface area contributed by atoms with Crippen LogP contribution >= 0.6 is 0 Å². The van der Waals surface area contributed by atoms with Crippen molar-refractivity contribution in [3.05, 3.63) is 72.9 Å². The third-order valence-corrected chi connectivity index (χ3v) is 14.7. The fourth-order valence-electron chi connectivity index (χ4n) is 9.66. The second-order valence-corrected chi connectivity index (χ2v) is 22.3. The molecule has 0 saturated carbocycles. The highest BCUT2D eigenvalue weighted by Gasteiger charge is 2.19. The molecule has 0 aliphatic carbocycles. The maximum absolute atomic E-state index is 12.9. The zero-order valence-corrected chi connectivity index (χ0v) is 51.2. The van der Waals surface area contributed by atoms with Crippen LogP contribution in [0, 0.1) is 0 Å². The van der Waals surface area contributed by atoms with Crippen molar-refractivity contribution < 1.29 is 28.6 Å². The molecule has 0 aromatic rings. The number of carbonyl (C=O) groups is 3. The third kappa shape index (κ3) is 63.6. The Bertz CT molecular complexity index is 1420. The van der Waals surface area contributed by atoms with Crippen molar-refractivity contribution >= 4 is 17.9 Å². The molecule has 0 saturated heterocycles. The van der Waals surface area contributed by atoms with Gasteiger partial charge >= 0.3 is 17.9 Å². The van der Waals surface area contributed by atoms with Gasteiger partial charge in [-0.1, -0.05) is 286 Å². The number of hydrogen-bond donors (Lipinski definition) is 0. The molecule has 0 fully saturated rings. The molecule has 0 aromatic carbocycles. The highest BCUT2D eigenvalue weighted by Crippen LogP contribution is 2.17. The van der Waals surface area contributed by atoms with Crippen LogP contribution in [0.3, 0.4) is 0 Å². The zero-order chi connectivity index (χ0) is 55.7. The molecule has 0 radical (unpaired) electrons. The van der Waals surface area contributed by atoms with E-state index in [2.05, 4.69) is 93.7 Å². The average Bonchev–Trinajstić information content (AvgIpc) is 3.43. The van der Waals surface area contributed by atoms with E-state index in [9.17, 15) is 14.4 Å². The van der Waals surface area contributed by atoms with Gasteiger partial charge in [0, 0.05) is 19.3 Å². The van der Waals surface area contributed by atoms with Gasteiger partial charge in [0.2, 0.25) is 0 Å². The van der Waals surface area contributed by atoms with E-state index in [1.165, 1.54) is 205 Å². The van der Waals surface area contributed by atoms with Crippen LogP contribution in [0.5, 0.6) is 0 Å². The Labute approximate surface area is 478 Å². The van der Waals surface area contributed by atoms with E-state index in [4.69, 9.17) is 14.2 Å². The summed E-state index contributed by atoms with van der Waals surface area (Å²) in [4.78, 5) is 38.3. The van der Waals surface area contributed by atoms with E-state index < -0.39 is 6.10 Å². The van der Waals surface area contributed by atoms with Crippen LogP contribution < -0.4 is 0 Å². The molecule has 1 atom stereocenters. The molecule has 0 aliphatic rings. The summed E-state index contributed by atoms with van der Waals surface area (Å²) in [5.74, 6) is -0.910. The van der Waals surface area contributed by atoms with Crippen molar-refractivity contribution in [2.45, 2.75) is 348 Å². The fourth-order valence-corrected chi connectivity index (χ4v) is 9.66. The summed E-state index contributed by atoms with van der Waals surface area (Å²) in [7, 11) is 0. The lowest BCUT2D eigenvalue weighted by molar-refractivity contribution is -0.167. The SMILES string of the molecule is CC/C=C\C/C=C\C/C=C\CCCCCC(=O)OCC(COC(=O)CCCCCCCCCCCCCCCCCCC/C=C\CCCCCCCCCC)OC(=O)CCCCCCCCC/C=C\C/C=C\CCCCC. The predicted molar refractivity (Wildman–Crippen MR) is 335 cm³/mol. The molecule has 0 spiro atoms. The zero-order valence-electron chi connectivity index (χ0n) is 51.2. The van der Waals surface area contributed by atoms with Gasteiger partial charge in [-0.2, -0.15) is 0 Å². The van der Waals surface area contributed by atoms with Gasteiger partial charge in [0.1, 0.15) is 13.2 Å². The number of ether oxygens (including phenoxy) is 3. The monoisotopic (exact) mass is 1070 g/mol. The van der Waals surface area contributed by atoms with E-state index in [-0.39, 0.29) is 31.1 Å². The average molecular weight is 1080 g/mol. The lowest BCUT2D eigenvalue weighted by Gasteiger charge is -2.18. The topological polar surface area (TPSA) is 78.9 Å². The van der Waals surface area contributed by atoms with Crippen molar-refractivity contribution in [2.75, 3.05) is 13.2 Å². The molecule has 6 heteroatoms. The maximum atomic E-state index is 12.9. The van der Waals surface area contributed by atoms with Crippen LogP contribution in [0.4, 0.5) is 0 Å². The van der Waals surface area contributed by atoms with Crippen molar-refractivity contribution in [3.8, 4) is 0 Å². The number of hydrogen-bond acceptors (Lipinski definition) is 6. The summed E-state index contributed by atoms with van der Waals surface area (Å²) < 4.78 is 16.9. The van der Waals surface area contributed by atoms with E-state index in [0.717, 1.165) is 96.3 Å². The number of allylic oxidation sites excluding steroid dienone is 12. The smallest absolute Gasteiger partial charge is 0.306 e. The van der Waals surface area contributed by atoms with Gasteiger partial charge in [-0.05, 0) is 109 Å². The highest BCUT2D eigenvalue weighted by atomic mass is 16.6. The molecule has 0 rings (SSSR count). The molecule has 0 aliphatic heterocycles. The fraction of sp³-hybridized carbons (Fsp3) is 0.789. The van der Waals surface area contributed by atoms with Gasteiger partial charge in [-0.3, -0.25) is 14.4 Å². The minimum atomic E-state index is -0.792. The van der Waals surface area contributed by atoms with Crippen molar-refractivity contribution in [1.29, 1.82) is 0 Å². The summed E-state index contributed by atoms with van der Waals surface area (Å²) in [6.07, 6.45) is 85.0. The van der Waals surface area contributed by atoms with Gasteiger partial charge < -0.3 is 14.2 Å².